The molecule has 0 atom stereocenters. The van der Waals surface area contributed by atoms with Crippen molar-refractivity contribution in [1.29, 1.82) is 0 Å². The molecule has 18 heavy (non-hydrogen) atoms. The molecule has 2 heterocycles. The summed E-state index contributed by atoms with van der Waals surface area (Å²) in [7, 11) is 0. The molecule has 2 aromatic rings. The number of thiophene rings is 1. The lowest BCUT2D eigenvalue weighted by molar-refractivity contribution is 0.102. The summed E-state index contributed by atoms with van der Waals surface area (Å²) >= 11 is 1.47. The van der Waals surface area contributed by atoms with Gasteiger partial charge in [-0.1, -0.05) is 20.3 Å². The molecule has 0 saturated carbocycles. The zero-order valence-corrected chi connectivity index (χ0v) is 11.4. The molecule has 0 aliphatic carbocycles. The second-order valence-electron chi connectivity index (χ2n) is 4.11. The highest BCUT2D eigenvalue weighted by Gasteiger charge is 2.13. The van der Waals surface area contributed by atoms with Gasteiger partial charge in [-0.15, -0.1) is 11.3 Å². The number of carbonyl (C=O) groups excluding carboxylic acids is 1. The van der Waals surface area contributed by atoms with Crippen molar-refractivity contribution in [3.63, 3.8) is 0 Å². The fourth-order valence-corrected chi connectivity index (χ4v) is 2.70. The number of hydrogen-bond donors (Lipinski definition) is 2. The lowest BCUT2D eigenvalue weighted by Crippen LogP contribution is -2.12. The van der Waals surface area contributed by atoms with Crippen LogP contribution in [-0.2, 0) is 12.8 Å². The van der Waals surface area contributed by atoms with Crippen LogP contribution < -0.4 is 5.32 Å². The number of anilines is 1. The molecule has 5 heteroatoms. The quantitative estimate of drug-likeness (QED) is 0.870. The van der Waals surface area contributed by atoms with Crippen molar-refractivity contribution < 1.29 is 4.79 Å². The summed E-state index contributed by atoms with van der Waals surface area (Å²) in [4.78, 5) is 12.8. The first-order valence-corrected chi connectivity index (χ1v) is 7.04. The molecule has 0 fully saturated rings. The number of aromatic amines is 1. The minimum atomic E-state index is -0.0728. The van der Waals surface area contributed by atoms with Gasteiger partial charge in [-0.3, -0.25) is 9.89 Å². The average Bonchev–Trinajstić information content (AvgIpc) is 2.98. The highest BCUT2D eigenvalue weighted by atomic mass is 32.1. The molecular formula is C13H17N3OS. The van der Waals surface area contributed by atoms with Crippen LogP contribution in [0.5, 0.6) is 0 Å². The van der Waals surface area contributed by atoms with E-state index in [-0.39, 0.29) is 5.91 Å². The first-order valence-electron chi connectivity index (χ1n) is 6.16. The van der Waals surface area contributed by atoms with Gasteiger partial charge in [0.1, 0.15) is 0 Å². The van der Waals surface area contributed by atoms with Gasteiger partial charge in [-0.25, -0.2) is 0 Å². The molecule has 0 spiro atoms. The highest BCUT2D eigenvalue weighted by molar-refractivity contribution is 7.12. The molecule has 0 saturated heterocycles. The maximum atomic E-state index is 12.1. The van der Waals surface area contributed by atoms with Gasteiger partial charge >= 0.3 is 0 Å². The number of aromatic nitrogens is 2. The van der Waals surface area contributed by atoms with Crippen LogP contribution in [0.3, 0.4) is 0 Å². The summed E-state index contributed by atoms with van der Waals surface area (Å²) in [5, 5.41) is 11.8. The van der Waals surface area contributed by atoms with Crippen molar-refractivity contribution in [2.24, 2.45) is 0 Å². The van der Waals surface area contributed by atoms with Crippen molar-refractivity contribution in [2.45, 2.75) is 33.1 Å². The normalized spacial score (nSPS) is 10.6. The molecule has 2 rings (SSSR count). The third-order valence-electron chi connectivity index (χ3n) is 2.73. The van der Waals surface area contributed by atoms with E-state index in [1.54, 1.807) is 0 Å². The Morgan fingerprint density at radius 2 is 2.33 bits per heavy atom. The first-order chi connectivity index (χ1) is 8.74. The van der Waals surface area contributed by atoms with Crippen molar-refractivity contribution in [3.8, 4) is 0 Å². The third kappa shape index (κ3) is 2.79. The Labute approximate surface area is 110 Å². The standard InChI is InChI=1S/C13H17N3OS/c1-3-5-10-8-11(16-15-10)14-13(17)12-9(4-2)6-7-18-12/h6-8H,3-5H2,1-2H3,(H2,14,15,16,17). The Balaban J connectivity index is 2.06. The van der Waals surface area contributed by atoms with E-state index in [0.717, 1.165) is 35.4 Å². The van der Waals surface area contributed by atoms with Crippen LogP contribution in [0.4, 0.5) is 5.82 Å². The monoisotopic (exact) mass is 263 g/mol. The van der Waals surface area contributed by atoms with E-state index in [2.05, 4.69) is 22.4 Å². The van der Waals surface area contributed by atoms with Gasteiger partial charge in [-0.05, 0) is 29.9 Å². The van der Waals surface area contributed by atoms with Crippen LogP contribution in [0.25, 0.3) is 0 Å². The molecule has 0 aliphatic rings. The number of H-pyrrole nitrogens is 1. The zero-order valence-electron chi connectivity index (χ0n) is 10.6. The van der Waals surface area contributed by atoms with Gasteiger partial charge in [0.2, 0.25) is 0 Å². The summed E-state index contributed by atoms with van der Waals surface area (Å²) < 4.78 is 0. The summed E-state index contributed by atoms with van der Waals surface area (Å²) in [6, 6.07) is 3.88. The number of nitrogens with zero attached hydrogens (tertiary/aromatic N) is 1. The van der Waals surface area contributed by atoms with Crippen LogP contribution in [0, 0.1) is 0 Å². The van der Waals surface area contributed by atoms with E-state index in [0.29, 0.717) is 5.82 Å². The largest absolute Gasteiger partial charge is 0.304 e. The number of amides is 1. The number of rotatable bonds is 5. The van der Waals surface area contributed by atoms with E-state index in [1.165, 1.54) is 11.3 Å². The Bertz CT molecular complexity index is 530. The summed E-state index contributed by atoms with van der Waals surface area (Å²) in [6.45, 7) is 4.16. The van der Waals surface area contributed by atoms with Gasteiger partial charge in [0, 0.05) is 11.8 Å². The van der Waals surface area contributed by atoms with E-state index < -0.39 is 0 Å². The van der Waals surface area contributed by atoms with Gasteiger partial charge < -0.3 is 5.32 Å². The smallest absolute Gasteiger partial charge is 0.267 e. The number of nitrogens with one attached hydrogen (secondary N) is 2. The Kier molecular flexibility index (Phi) is 4.15. The van der Waals surface area contributed by atoms with Crippen LogP contribution in [0.2, 0.25) is 0 Å². The van der Waals surface area contributed by atoms with E-state index in [9.17, 15) is 4.79 Å². The summed E-state index contributed by atoms with van der Waals surface area (Å²) in [5.74, 6) is 0.523. The molecule has 0 radical (unpaired) electrons. The maximum Gasteiger partial charge on any atom is 0.267 e. The van der Waals surface area contributed by atoms with Gasteiger partial charge in [0.15, 0.2) is 5.82 Å². The van der Waals surface area contributed by atoms with E-state index in [4.69, 9.17) is 0 Å². The van der Waals surface area contributed by atoms with E-state index >= 15 is 0 Å². The second kappa shape index (κ2) is 5.82. The van der Waals surface area contributed by atoms with Crippen LogP contribution in [-0.4, -0.2) is 16.1 Å². The molecule has 4 nitrogen and oxygen atoms in total. The molecule has 2 aromatic heterocycles. The Hall–Kier alpha value is -1.62. The molecule has 1 amide bonds. The Morgan fingerprint density at radius 3 is 3.06 bits per heavy atom. The van der Waals surface area contributed by atoms with Crippen molar-refractivity contribution >= 4 is 23.1 Å². The fraction of sp³-hybridized carbons (Fsp3) is 0.385. The lowest BCUT2D eigenvalue weighted by Gasteiger charge is -2.01. The Morgan fingerprint density at radius 1 is 1.50 bits per heavy atom. The molecule has 0 unspecified atom stereocenters. The molecule has 96 valence electrons. The molecule has 0 aliphatic heterocycles. The summed E-state index contributed by atoms with van der Waals surface area (Å²) in [6.07, 6.45) is 2.87. The van der Waals surface area contributed by atoms with Crippen LogP contribution in [0.15, 0.2) is 17.5 Å². The van der Waals surface area contributed by atoms with Crippen LogP contribution >= 0.6 is 11.3 Å². The zero-order chi connectivity index (χ0) is 13.0. The van der Waals surface area contributed by atoms with Crippen molar-refractivity contribution in [1.82, 2.24) is 10.2 Å². The predicted molar refractivity (Wildman–Crippen MR) is 74.2 cm³/mol. The third-order valence-corrected chi connectivity index (χ3v) is 3.68. The number of hydrogen-bond acceptors (Lipinski definition) is 3. The number of aryl methyl sites for hydroxylation is 2. The molecular weight excluding hydrogens is 246 g/mol. The molecule has 0 aromatic carbocycles. The van der Waals surface area contributed by atoms with Gasteiger partial charge in [0.05, 0.1) is 4.88 Å². The van der Waals surface area contributed by atoms with E-state index in [1.807, 2.05) is 24.4 Å². The molecule has 2 N–H and O–H groups in total. The predicted octanol–water partition coefficient (Wildman–Crippen LogP) is 3.24. The fourth-order valence-electron chi connectivity index (χ4n) is 1.81. The van der Waals surface area contributed by atoms with Crippen molar-refractivity contribution in [2.75, 3.05) is 5.32 Å². The molecule has 0 bridgehead atoms. The lowest BCUT2D eigenvalue weighted by atomic mass is 10.2. The summed E-state index contributed by atoms with van der Waals surface area (Å²) in [5.41, 5.74) is 2.14. The van der Waals surface area contributed by atoms with Gasteiger partial charge in [0.25, 0.3) is 5.91 Å². The van der Waals surface area contributed by atoms with Crippen LogP contribution in [0.1, 0.15) is 41.2 Å². The minimum Gasteiger partial charge on any atom is -0.304 e. The first kappa shape index (κ1) is 12.8. The number of carbonyl (C=O) groups is 1. The van der Waals surface area contributed by atoms with Crippen molar-refractivity contribution in [3.05, 3.63) is 33.6 Å². The maximum absolute atomic E-state index is 12.1. The topological polar surface area (TPSA) is 57.8 Å². The van der Waals surface area contributed by atoms with Gasteiger partial charge in [-0.2, -0.15) is 5.10 Å². The minimum absolute atomic E-state index is 0.0728. The highest BCUT2D eigenvalue weighted by Crippen LogP contribution is 2.19. The SMILES string of the molecule is CCCc1cc(NC(=O)c2sccc2CC)n[nH]1. The second-order valence-corrected chi connectivity index (χ2v) is 5.03. The average molecular weight is 263 g/mol.